The van der Waals surface area contributed by atoms with Crippen LogP contribution in [0, 0.1) is 11.7 Å². The van der Waals surface area contributed by atoms with Crippen molar-refractivity contribution in [2.45, 2.75) is 58.9 Å². The smallest absolute Gasteiger partial charge is 0.141 e. The molecule has 114 valence electrons. The van der Waals surface area contributed by atoms with Gasteiger partial charge in [-0.15, -0.1) is 0 Å². The highest BCUT2D eigenvalue weighted by molar-refractivity contribution is 6.30. The fourth-order valence-corrected chi connectivity index (χ4v) is 2.44. The highest BCUT2D eigenvalue weighted by Crippen LogP contribution is 2.20. The number of unbranched alkanes of at least 4 members (excludes halogenated alkanes) is 3. The van der Waals surface area contributed by atoms with Gasteiger partial charge in [0, 0.05) is 6.04 Å². The first-order valence-corrected chi connectivity index (χ1v) is 8.07. The molecule has 0 saturated carbocycles. The number of hydrogen-bond donors (Lipinski definition) is 1. The van der Waals surface area contributed by atoms with E-state index in [1.165, 1.54) is 38.2 Å². The molecule has 20 heavy (non-hydrogen) atoms. The van der Waals surface area contributed by atoms with Crippen LogP contribution in [-0.2, 0) is 0 Å². The van der Waals surface area contributed by atoms with E-state index in [2.05, 4.69) is 26.1 Å². The lowest BCUT2D eigenvalue weighted by molar-refractivity contribution is 0.498. The molecule has 1 aromatic carbocycles. The van der Waals surface area contributed by atoms with Gasteiger partial charge in [-0.25, -0.2) is 4.39 Å². The van der Waals surface area contributed by atoms with Crippen LogP contribution in [0.1, 0.15) is 64.5 Å². The van der Waals surface area contributed by atoms with Gasteiger partial charge in [0.2, 0.25) is 0 Å². The Morgan fingerprint density at radius 3 is 2.45 bits per heavy atom. The van der Waals surface area contributed by atoms with Crippen LogP contribution in [0.5, 0.6) is 0 Å². The molecule has 3 heteroatoms. The molecule has 0 radical (unpaired) electrons. The molecule has 0 spiro atoms. The van der Waals surface area contributed by atoms with Crippen LogP contribution in [-0.4, -0.2) is 6.54 Å². The van der Waals surface area contributed by atoms with Crippen LogP contribution in [0.3, 0.4) is 0 Å². The Bertz CT molecular complexity index is 393. The minimum absolute atomic E-state index is 0.199. The van der Waals surface area contributed by atoms with Crippen molar-refractivity contribution in [3.8, 4) is 0 Å². The van der Waals surface area contributed by atoms with Gasteiger partial charge in [0.25, 0.3) is 0 Å². The van der Waals surface area contributed by atoms with Crippen molar-refractivity contribution in [1.29, 1.82) is 0 Å². The van der Waals surface area contributed by atoms with Crippen molar-refractivity contribution in [2.24, 2.45) is 5.92 Å². The molecule has 0 heterocycles. The van der Waals surface area contributed by atoms with Crippen molar-refractivity contribution in [3.63, 3.8) is 0 Å². The third-order valence-electron chi connectivity index (χ3n) is 3.60. The zero-order chi connectivity index (χ0) is 15.0. The van der Waals surface area contributed by atoms with Gasteiger partial charge in [-0.05, 0) is 43.5 Å². The molecule has 0 aromatic heterocycles. The normalized spacial score (nSPS) is 12.9. The SMILES string of the molecule is CC(C)CCCCCCNC(C)c1ccc(F)c(Cl)c1. The molecular weight excluding hydrogens is 273 g/mol. The van der Waals surface area contributed by atoms with Crippen LogP contribution < -0.4 is 5.32 Å². The lowest BCUT2D eigenvalue weighted by Crippen LogP contribution is -2.19. The summed E-state index contributed by atoms with van der Waals surface area (Å²) in [6.45, 7) is 7.63. The molecule has 0 aliphatic heterocycles. The zero-order valence-corrected chi connectivity index (χ0v) is 13.6. The van der Waals surface area contributed by atoms with E-state index >= 15 is 0 Å². The minimum Gasteiger partial charge on any atom is -0.310 e. The molecule has 1 unspecified atom stereocenters. The number of halogens is 2. The summed E-state index contributed by atoms with van der Waals surface area (Å²) >= 11 is 5.80. The van der Waals surface area contributed by atoms with Gasteiger partial charge in [0.1, 0.15) is 5.82 Å². The Morgan fingerprint density at radius 2 is 1.80 bits per heavy atom. The van der Waals surface area contributed by atoms with Crippen molar-refractivity contribution in [3.05, 3.63) is 34.6 Å². The lowest BCUT2D eigenvalue weighted by atomic mass is 10.0. The molecule has 0 bridgehead atoms. The lowest BCUT2D eigenvalue weighted by Gasteiger charge is -2.14. The predicted molar refractivity (Wildman–Crippen MR) is 85.8 cm³/mol. The molecule has 0 saturated heterocycles. The number of benzene rings is 1. The summed E-state index contributed by atoms with van der Waals surface area (Å²) in [5, 5.41) is 3.66. The van der Waals surface area contributed by atoms with Crippen LogP contribution in [0.25, 0.3) is 0 Å². The Morgan fingerprint density at radius 1 is 1.10 bits per heavy atom. The fourth-order valence-electron chi connectivity index (χ4n) is 2.25. The van der Waals surface area contributed by atoms with E-state index in [1.807, 2.05) is 0 Å². The molecule has 0 amide bonds. The van der Waals surface area contributed by atoms with Crippen molar-refractivity contribution in [2.75, 3.05) is 6.54 Å². The summed E-state index contributed by atoms with van der Waals surface area (Å²) in [6.07, 6.45) is 6.45. The van der Waals surface area contributed by atoms with E-state index in [9.17, 15) is 4.39 Å². The maximum Gasteiger partial charge on any atom is 0.141 e. The molecule has 0 aliphatic carbocycles. The second-order valence-corrected chi connectivity index (χ2v) is 6.35. The van der Waals surface area contributed by atoms with Crippen molar-refractivity contribution < 1.29 is 4.39 Å². The molecule has 1 rings (SSSR count). The van der Waals surface area contributed by atoms with Gasteiger partial charge in [-0.3, -0.25) is 0 Å². The van der Waals surface area contributed by atoms with Crippen LogP contribution in [0.2, 0.25) is 5.02 Å². The number of nitrogens with one attached hydrogen (secondary N) is 1. The second-order valence-electron chi connectivity index (χ2n) is 5.95. The first-order chi connectivity index (χ1) is 9.50. The Balaban J connectivity index is 2.16. The predicted octanol–water partition coefficient (Wildman–Crippen LogP) is 5.74. The summed E-state index contributed by atoms with van der Waals surface area (Å²) in [4.78, 5) is 0. The molecule has 0 fully saturated rings. The highest BCUT2D eigenvalue weighted by Gasteiger charge is 2.07. The van der Waals surface area contributed by atoms with Crippen LogP contribution >= 0.6 is 11.6 Å². The average molecular weight is 300 g/mol. The molecular formula is C17H27ClFN. The van der Waals surface area contributed by atoms with Gasteiger partial charge >= 0.3 is 0 Å². The van der Waals surface area contributed by atoms with E-state index in [0.29, 0.717) is 0 Å². The summed E-state index contributed by atoms with van der Waals surface area (Å²) in [6, 6.07) is 5.14. The summed E-state index contributed by atoms with van der Waals surface area (Å²) in [5.41, 5.74) is 1.04. The van der Waals surface area contributed by atoms with Gasteiger partial charge in [0.15, 0.2) is 0 Å². The third-order valence-corrected chi connectivity index (χ3v) is 3.89. The highest BCUT2D eigenvalue weighted by atomic mass is 35.5. The standard InChI is InChI=1S/C17H27ClFN/c1-13(2)8-6-4-5-7-11-20-14(3)15-9-10-17(19)16(18)12-15/h9-10,12-14,20H,4-8,11H2,1-3H3. The average Bonchev–Trinajstić information content (AvgIpc) is 2.40. The quantitative estimate of drug-likeness (QED) is 0.574. The van der Waals surface area contributed by atoms with E-state index < -0.39 is 0 Å². The third kappa shape index (κ3) is 6.71. The van der Waals surface area contributed by atoms with Gasteiger partial charge in [-0.1, -0.05) is 57.2 Å². The van der Waals surface area contributed by atoms with Crippen LogP contribution in [0.15, 0.2) is 18.2 Å². The van der Waals surface area contributed by atoms with Crippen molar-refractivity contribution in [1.82, 2.24) is 5.32 Å². The van der Waals surface area contributed by atoms with E-state index in [-0.39, 0.29) is 16.9 Å². The molecule has 1 atom stereocenters. The molecule has 1 N–H and O–H groups in total. The Hall–Kier alpha value is -0.600. The Labute approximate surface area is 127 Å². The number of rotatable bonds is 9. The van der Waals surface area contributed by atoms with Gasteiger partial charge in [-0.2, -0.15) is 0 Å². The molecule has 1 nitrogen and oxygen atoms in total. The van der Waals surface area contributed by atoms with E-state index in [1.54, 1.807) is 12.1 Å². The maximum atomic E-state index is 13.1. The van der Waals surface area contributed by atoms with E-state index in [0.717, 1.165) is 18.0 Å². The van der Waals surface area contributed by atoms with Crippen LogP contribution in [0.4, 0.5) is 4.39 Å². The second kappa shape index (κ2) is 9.36. The van der Waals surface area contributed by atoms with Gasteiger partial charge in [0.05, 0.1) is 5.02 Å². The molecule has 1 aromatic rings. The van der Waals surface area contributed by atoms with E-state index in [4.69, 9.17) is 11.6 Å². The fraction of sp³-hybridized carbons (Fsp3) is 0.647. The topological polar surface area (TPSA) is 12.0 Å². The maximum absolute atomic E-state index is 13.1. The summed E-state index contributed by atoms with van der Waals surface area (Å²) in [7, 11) is 0. The summed E-state index contributed by atoms with van der Waals surface area (Å²) < 4.78 is 13.1. The molecule has 0 aliphatic rings. The van der Waals surface area contributed by atoms with Gasteiger partial charge < -0.3 is 5.32 Å². The first-order valence-electron chi connectivity index (χ1n) is 7.69. The zero-order valence-electron chi connectivity index (χ0n) is 12.9. The van der Waals surface area contributed by atoms with Crippen molar-refractivity contribution >= 4 is 11.6 Å². The summed E-state index contributed by atoms with van der Waals surface area (Å²) in [5.74, 6) is 0.462. The first kappa shape index (κ1) is 17.5. The Kier molecular flexibility index (Phi) is 8.16. The number of hydrogen-bond acceptors (Lipinski definition) is 1. The monoisotopic (exact) mass is 299 g/mol. The largest absolute Gasteiger partial charge is 0.310 e. The minimum atomic E-state index is -0.354.